The van der Waals surface area contributed by atoms with Gasteiger partial charge in [-0.3, -0.25) is 9.59 Å². The number of rotatable bonds is 3. The SMILES string of the molecule is CCC1(C(=O)O)CCN(C(=O)C2CCCO2)C1. The highest BCUT2D eigenvalue weighted by Crippen LogP contribution is 2.35. The van der Waals surface area contributed by atoms with Crippen molar-refractivity contribution in [2.75, 3.05) is 19.7 Å². The number of carboxylic acid groups (broad SMARTS) is 1. The van der Waals surface area contributed by atoms with Crippen molar-refractivity contribution in [3.05, 3.63) is 0 Å². The molecule has 5 nitrogen and oxygen atoms in total. The van der Waals surface area contributed by atoms with Crippen LogP contribution in [-0.2, 0) is 14.3 Å². The van der Waals surface area contributed by atoms with Crippen LogP contribution in [0.25, 0.3) is 0 Å². The van der Waals surface area contributed by atoms with Gasteiger partial charge in [-0.05, 0) is 25.7 Å². The Balaban J connectivity index is 2.01. The summed E-state index contributed by atoms with van der Waals surface area (Å²) in [6.07, 6.45) is 2.47. The van der Waals surface area contributed by atoms with Crippen LogP contribution in [0.3, 0.4) is 0 Å². The molecular weight excluding hydrogens is 222 g/mol. The Bertz CT molecular complexity index is 324. The Morgan fingerprint density at radius 3 is 2.76 bits per heavy atom. The molecule has 2 aliphatic rings. The van der Waals surface area contributed by atoms with Crippen molar-refractivity contribution in [2.45, 2.75) is 38.7 Å². The van der Waals surface area contributed by atoms with Crippen molar-refractivity contribution in [3.8, 4) is 0 Å². The molecular formula is C12H19NO4. The lowest BCUT2D eigenvalue weighted by molar-refractivity contribution is -0.149. The van der Waals surface area contributed by atoms with Gasteiger partial charge >= 0.3 is 5.97 Å². The quantitative estimate of drug-likeness (QED) is 0.796. The maximum atomic E-state index is 12.1. The van der Waals surface area contributed by atoms with Gasteiger partial charge in [-0.15, -0.1) is 0 Å². The molecule has 2 rings (SSSR count). The molecule has 2 heterocycles. The number of nitrogens with zero attached hydrogens (tertiary/aromatic N) is 1. The summed E-state index contributed by atoms with van der Waals surface area (Å²) in [5.41, 5.74) is -0.742. The van der Waals surface area contributed by atoms with Gasteiger partial charge in [0.05, 0.1) is 5.41 Å². The normalized spacial score (nSPS) is 33.0. The van der Waals surface area contributed by atoms with Crippen LogP contribution in [0, 0.1) is 5.41 Å². The smallest absolute Gasteiger partial charge is 0.311 e. The van der Waals surface area contributed by atoms with Gasteiger partial charge in [0, 0.05) is 19.7 Å². The monoisotopic (exact) mass is 241 g/mol. The van der Waals surface area contributed by atoms with Crippen LogP contribution in [-0.4, -0.2) is 47.7 Å². The molecule has 0 spiro atoms. The van der Waals surface area contributed by atoms with Crippen LogP contribution in [0.2, 0.25) is 0 Å². The van der Waals surface area contributed by atoms with Gasteiger partial charge in [0.1, 0.15) is 6.10 Å². The summed E-state index contributed by atoms with van der Waals surface area (Å²) in [4.78, 5) is 25.0. The van der Waals surface area contributed by atoms with Crippen LogP contribution in [0.1, 0.15) is 32.6 Å². The first-order valence-corrected chi connectivity index (χ1v) is 6.23. The summed E-state index contributed by atoms with van der Waals surface area (Å²) in [6.45, 7) is 3.38. The molecule has 17 heavy (non-hydrogen) atoms. The largest absolute Gasteiger partial charge is 0.481 e. The van der Waals surface area contributed by atoms with Gasteiger partial charge in [0.25, 0.3) is 5.91 Å². The van der Waals surface area contributed by atoms with E-state index < -0.39 is 11.4 Å². The van der Waals surface area contributed by atoms with E-state index in [1.54, 1.807) is 4.90 Å². The number of amides is 1. The predicted molar refractivity (Wildman–Crippen MR) is 60.5 cm³/mol. The van der Waals surface area contributed by atoms with Crippen LogP contribution in [0.4, 0.5) is 0 Å². The molecule has 1 amide bonds. The summed E-state index contributed by atoms with van der Waals surface area (Å²) in [5.74, 6) is -0.818. The van der Waals surface area contributed by atoms with Crippen molar-refractivity contribution < 1.29 is 19.4 Å². The maximum Gasteiger partial charge on any atom is 0.311 e. The first-order chi connectivity index (χ1) is 8.09. The summed E-state index contributed by atoms with van der Waals surface area (Å²) in [6, 6.07) is 0. The number of carbonyl (C=O) groups is 2. The van der Waals surface area contributed by atoms with E-state index >= 15 is 0 Å². The highest BCUT2D eigenvalue weighted by Gasteiger charge is 2.46. The first-order valence-electron chi connectivity index (χ1n) is 6.23. The lowest BCUT2D eigenvalue weighted by Crippen LogP contribution is -2.40. The van der Waals surface area contributed by atoms with E-state index in [-0.39, 0.29) is 12.0 Å². The molecule has 2 fully saturated rings. The van der Waals surface area contributed by atoms with Gasteiger partial charge in [-0.25, -0.2) is 0 Å². The van der Waals surface area contributed by atoms with Crippen molar-refractivity contribution in [1.82, 2.24) is 4.90 Å². The molecule has 2 aliphatic heterocycles. The van der Waals surface area contributed by atoms with Crippen LogP contribution in [0.15, 0.2) is 0 Å². The maximum absolute atomic E-state index is 12.1. The Hall–Kier alpha value is -1.10. The second-order valence-electron chi connectivity index (χ2n) is 4.95. The third kappa shape index (κ3) is 2.16. The highest BCUT2D eigenvalue weighted by molar-refractivity contribution is 5.83. The van der Waals surface area contributed by atoms with Gasteiger partial charge in [-0.2, -0.15) is 0 Å². The minimum atomic E-state index is -0.789. The van der Waals surface area contributed by atoms with Crippen molar-refractivity contribution in [2.24, 2.45) is 5.41 Å². The van der Waals surface area contributed by atoms with Crippen molar-refractivity contribution >= 4 is 11.9 Å². The van der Waals surface area contributed by atoms with E-state index in [0.717, 1.165) is 12.8 Å². The Labute approximate surface area is 101 Å². The molecule has 2 atom stereocenters. The fourth-order valence-electron chi connectivity index (χ4n) is 2.65. The van der Waals surface area contributed by atoms with E-state index in [9.17, 15) is 14.7 Å². The molecule has 5 heteroatoms. The molecule has 0 aliphatic carbocycles. The van der Waals surface area contributed by atoms with Crippen molar-refractivity contribution in [3.63, 3.8) is 0 Å². The molecule has 0 radical (unpaired) electrons. The average Bonchev–Trinajstić information content (AvgIpc) is 2.98. The van der Waals surface area contributed by atoms with Gasteiger partial charge in [0.2, 0.25) is 0 Å². The van der Waals surface area contributed by atoms with E-state index in [0.29, 0.717) is 32.5 Å². The summed E-state index contributed by atoms with van der Waals surface area (Å²) >= 11 is 0. The number of ether oxygens (including phenoxy) is 1. The minimum absolute atomic E-state index is 0.0286. The number of hydrogen-bond donors (Lipinski definition) is 1. The zero-order valence-corrected chi connectivity index (χ0v) is 10.1. The predicted octanol–water partition coefficient (Wildman–Crippen LogP) is 0.879. The summed E-state index contributed by atoms with van der Waals surface area (Å²) in [7, 11) is 0. The molecule has 0 saturated carbocycles. The molecule has 0 aromatic carbocycles. The Morgan fingerprint density at radius 1 is 1.53 bits per heavy atom. The highest BCUT2D eigenvalue weighted by atomic mass is 16.5. The standard InChI is InChI=1S/C12H19NO4/c1-2-12(11(15)16)5-6-13(8-12)10(14)9-4-3-7-17-9/h9H,2-8H2,1H3,(H,15,16). The van der Waals surface area contributed by atoms with Crippen molar-refractivity contribution in [1.29, 1.82) is 0 Å². The zero-order chi connectivity index (χ0) is 12.5. The molecule has 2 unspecified atom stereocenters. The molecule has 1 N–H and O–H groups in total. The fourth-order valence-corrected chi connectivity index (χ4v) is 2.65. The number of aliphatic carboxylic acids is 1. The Morgan fingerprint density at radius 2 is 2.29 bits per heavy atom. The number of hydrogen-bond acceptors (Lipinski definition) is 3. The third-order valence-electron chi connectivity index (χ3n) is 4.00. The van der Waals surface area contributed by atoms with E-state index in [2.05, 4.69) is 0 Å². The van der Waals surface area contributed by atoms with E-state index in [1.807, 2.05) is 6.92 Å². The summed E-state index contributed by atoms with van der Waals surface area (Å²) < 4.78 is 5.35. The van der Waals surface area contributed by atoms with Crippen LogP contribution < -0.4 is 0 Å². The fraction of sp³-hybridized carbons (Fsp3) is 0.833. The number of carbonyl (C=O) groups excluding carboxylic acids is 1. The average molecular weight is 241 g/mol. The lowest BCUT2D eigenvalue weighted by atomic mass is 9.84. The lowest BCUT2D eigenvalue weighted by Gasteiger charge is -2.24. The molecule has 96 valence electrons. The van der Waals surface area contributed by atoms with Crippen LogP contribution >= 0.6 is 0 Å². The molecule has 0 bridgehead atoms. The topological polar surface area (TPSA) is 66.8 Å². The second kappa shape index (κ2) is 4.64. The molecule has 2 saturated heterocycles. The molecule has 0 aromatic heterocycles. The number of carboxylic acids is 1. The van der Waals surface area contributed by atoms with Gasteiger partial charge < -0.3 is 14.7 Å². The second-order valence-corrected chi connectivity index (χ2v) is 4.95. The minimum Gasteiger partial charge on any atom is -0.481 e. The number of likely N-dealkylation sites (tertiary alicyclic amines) is 1. The van der Waals surface area contributed by atoms with Gasteiger partial charge in [0.15, 0.2) is 0 Å². The third-order valence-corrected chi connectivity index (χ3v) is 4.00. The first kappa shape index (κ1) is 12.4. The Kier molecular flexibility index (Phi) is 3.38. The summed E-state index contributed by atoms with van der Waals surface area (Å²) in [5, 5.41) is 9.26. The van der Waals surface area contributed by atoms with Gasteiger partial charge in [-0.1, -0.05) is 6.92 Å². The van der Waals surface area contributed by atoms with E-state index in [1.165, 1.54) is 0 Å². The van der Waals surface area contributed by atoms with E-state index in [4.69, 9.17) is 4.74 Å². The zero-order valence-electron chi connectivity index (χ0n) is 10.1. The van der Waals surface area contributed by atoms with Crippen LogP contribution in [0.5, 0.6) is 0 Å². The molecule has 0 aromatic rings.